The quantitative estimate of drug-likeness (QED) is 0.280. The van der Waals surface area contributed by atoms with Crippen LogP contribution >= 0.6 is 12.6 Å². The molecule has 1 saturated carbocycles. The van der Waals surface area contributed by atoms with Crippen molar-refractivity contribution in [2.75, 3.05) is 0 Å². The first-order valence-corrected chi connectivity index (χ1v) is 8.71. The molecular formula is C16H29N3O4S. The van der Waals surface area contributed by atoms with Crippen LogP contribution in [0.4, 0.5) is 0 Å². The molecular weight excluding hydrogens is 330 g/mol. The van der Waals surface area contributed by atoms with E-state index in [9.17, 15) is 19.6 Å². The van der Waals surface area contributed by atoms with E-state index in [1.165, 1.54) is 0 Å². The van der Waals surface area contributed by atoms with Gasteiger partial charge in [0.05, 0.1) is 0 Å². The molecule has 0 unspecified atom stereocenters. The van der Waals surface area contributed by atoms with Gasteiger partial charge in [-0.2, -0.15) is 12.6 Å². The third kappa shape index (κ3) is 6.32. The fraction of sp³-hybridized carbons (Fsp3) is 0.812. The van der Waals surface area contributed by atoms with Crippen molar-refractivity contribution in [3.05, 3.63) is 0 Å². The van der Waals surface area contributed by atoms with E-state index in [0.717, 1.165) is 12.8 Å². The summed E-state index contributed by atoms with van der Waals surface area (Å²) in [5.74, 6) is -2.25. The highest BCUT2D eigenvalue weighted by atomic mass is 32.1. The molecule has 1 aliphatic carbocycles. The standard InChI is InChI=1S/C16H29N3O4S/c1-9(2)7-10(14(17)21)8-12(20)19(23)13(16(3,4)24)15(22)18-11-5-6-11/h9-11,13,23-24H,5-8H2,1-4H3,(H2,17,21)(H,18,22)/t10-,13+/m1/s1. The predicted molar refractivity (Wildman–Crippen MR) is 93.4 cm³/mol. The molecule has 0 radical (unpaired) electrons. The summed E-state index contributed by atoms with van der Waals surface area (Å²) in [5.41, 5.74) is 5.34. The minimum atomic E-state index is -1.15. The second kappa shape index (κ2) is 8.20. The summed E-state index contributed by atoms with van der Waals surface area (Å²) in [6, 6.07) is -1.06. The van der Waals surface area contributed by atoms with Crippen molar-refractivity contribution < 1.29 is 19.6 Å². The Morgan fingerprint density at radius 2 is 1.88 bits per heavy atom. The second-order valence-electron chi connectivity index (χ2n) is 7.51. The zero-order chi connectivity index (χ0) is 18.7. The molecule has 24 heavy (non-hydrogen) atoms. The summed E-state index contributed by atoms with van der Waals surface area (Å²) in [6.07, 6.45) is 1.99. The molecule has 3 amide bonds. The smallest absolute Gasteiger partial charge is 0.247 e. The summed E-state index contributed by atoms with van der Waals surface area (Å²) >= 11 is 4.35. The molecule has 1 fully saturated rings. The van der Waals surface area contributed by atoms with Crippen molar-refractivity contribution in [1.29, 1.82) is 0 Å². The van der Waals surface area contributed by atoms with Crippen molar-refractivity contribution in [2.45, 2.75) is 70.2 Å². The number of hydrogen-bond acceptors (Lipinski definition) is 5. The van der Waals surface area contributed by atoms with Gasteiger partial charge in [0.25, 0.3) is 0 Å². The van der Waals surface area contributed by atoms with Crippen LogP contribution in [0, 0.1) is 11.8 Å². The largest absolute Gasteiger partial charge is 0.369 e. The molecule has 0 aromatic heterocycles. The monoisotopic (exact) mass is 359 g/mol. The lowest BCUT2D eigenvalue weighted by Gasteiger charge is -2.34. The second-order valence-corrected chi connectivity index (χ2v) is 8.66. The summed E-state index contributed by atoms with van der Waals surface area (Å²) in [7, 11) is 0. The van der Waals surface area contributed by atoms with Gasteiger partial charge >= 0.3 is 0 Å². The first kappa shape index (κ1) is 20.8. The Hall–Kier alpha value is -1.28. The number of nitrogens with one attached hydrogen (secondary N) is 1. The van der Waals surface area contributed by atoms with Crippen LogP contribution in [0.25, 0.3) is 0 Å². The minimum absolute atomic E-state index is 0.0958. The van der Waals surface area contributed by atoms with E-state index in [1.807, 2.05) is 13.8 Å². The Labute approximate surface area is 148 Å². The maximum atomic E-state index is 12.4. The maximum Gasteiger partial charge on any atom is 0.247 e. The van der Waals surface area contributed by atoms with E-state index in [4.69, 9.17) is 5.73 Å². The Morgan fingerprint density at radius 3 is 2.25 bits per heavy atom. The molecule has 0 aliphatic heterocycles. The Balaban J connectivity index is 2.83. The van der Waals surface area contributed by atoms with Gasteiger partial charge in [-0.05, 0) is 39.0 Å². The van der Waals surface area contributed by atoms with E-state index in [1.54, 1.807) is 13.8 Å². The number of hydrogen-bond donors (Lipinski definition) is 4. The number of primary amides is 1. The van der Waals surface area contributed by atoms with Crippen LogP contribution in [-0.4, -0.2) is 44.8 Å². The third-order valence-electron chi connectivity index (χ3n) is 3.92. The van der Waals surface area contributed by atoms with Crippen molar-refractivity contribution in [1.82, 2.24) is 10.4 Å². The molecule has 1 rings (SSSR count). The number of amides is 3. The van der Waals surface area contributed by atoms with Gasteiger partial charge in [-0.25, -0.2) is 5.06 Å². The lowest BCUT2D eigenvalue weighted by molar-refractivity contribution is -0.183. The first-order chi connectivity index (χ1) is 10.9. The molecule has 0 spiro atoms. The Bertz CT molecular complexity index is 486. The summed E-state index contributed by atoms with van der Waals surface area (Å²) in [5, 5.41) is 13.5. The minimum Gasteiger partial charge on any atom is -0.369 e. The number of thiol groups is 1. The van der Waals surface area contributed by atoms with Gasteiger partial charge in [0.1, 0.15) is 0 Å². The summed E-state index contributed by atoms with van der Waals surface area (Å²) in [6.45, 7) is 7.12. The van der Waals surface area contributed by atoms with E-state index in [2.05, 4.69) is 17.9 Å². The normalized spacial score (nSPS) is 17.3. The Kier molecular flexibility index (Phi) is 7.10. The van der Waals surface area contributed by atoms with E-state index in [-0.39, 0.29) is 18.4 Å². The highest BCUT2D eigenvalue weighted by Gasteiger charge is 2.42. The van der Waals surface area contributed by atoms with Gasteiger partial charge in [0.15, 0.2) is 6.04 Å². The maximum absolute atomic E-state index is 12.4. The van der Waals surface area contributed by atoms with Crippen LogP contribution in [-0.2, 0) is 14.4 Å². The molecule has 0 aromatic carbocycles. The van der Waals surface area contributed by atoms with E-state index < -0.39 is 34.4 Å². The number of nitrogens with zero attached hydrogens (tertiary/aromatic N) is 1. The molecule has 7 nitrogen and oxygen atoms in total. The molecule has 0 aromatic rings. The van der Waals surface area contributed by atoms with Crippen LogP contribution in [0.3, 0.4) is 0 Å². The molecule has 2 atom stereocenters. The molecule has 138 valence electrons. The van der Waals surface area contributed by atoms with Crippen molar-refractivity contribution in [3.8, 4) is 0 Å². The zero-order valence-corrected chi connectivity index (χ0v) is 15.7. The molecule has 0 saturated heterocycles. The van der Waals surface area contributed by atoms with Crippen LogP contribution in [0.2, 0.25) is 0 Å². The van der Waals surface area contributed by atoms with Crippen molar-refractivity contribution >= 4 is 30.4 Å². The summed E-state index contributed by atoms with van der Waals surface area (Å²) < 4.78 is -0.955. The van der Waals surface area contributed by atoms with Crippen molar-refractivity contribution in [3.63, 3.8) is 0 Å². The van der Waals surface area contributed by atoms with Crippen LogP contribution < -0.4 is 11.1 Å². The fourth-order valence-electron chi connectivity index (χ4n) is 2.56. The lowest BCUT2D eigenvalue weighted by Crippen LogP contribution is -2.57. The number of carbonyl (C=O) groups excluding carboxylic acids is 3. The highest BCUT2D eigenvalue weighted by molar-refractivity contribution is 7.81. The van der Waals surface area contributed by atoms with Gasteiger partial charge < -0.3 is 11.1 Å². The first-order valence-electron chi connectivity index (χ1n) is 8.26. The number of nitrogens with two attached hydrogens (primary N) is 1. The Morgan fingerprint density at radius 1 is 1.33 bits per heavy atom. The average Bonchev–Trinajstić information content (AvgIpc) is 3.19. The van der Waals surface area contributed by atoms with Gasteiger partial charge in [-0.15, -0.1) is 0 Å². The SMILES string of the molecule is CC(C)C[C@H](CC(=O)N(O)[C@@H](C(=O)NC1CC1)C(C)(C)S)C(N)=O. The van der Waals surface area contributed by atoms with Crippen molar-refractivity contribution in [2.24, 2.45) is 17.6 Å². The fourth-order valence-corrected chi connectivity index (χ4v) is 2.78. The average molecular weight is 359 g/mol. The van der Waals surface area contributed by atoms with Crippen LogP contribution in [0.1, 0.15) is 53.4 Å². The van der Waals surface area contributed by atoms with E-state index >= 15 is 0 Å². The highest BCUT2D eigenvalue weighted by Crippen LogP contribution is 2.26. The topological polar surface area (TPSA) is 113 Å². The molecule has 4 N–H and O–H groups in total. The summed E-state index contributed by atoms with van der Waals surface area (Å²) in [4.78, 5) is 36.3. The van der Waals surface area contributed by atoms with Gasteiger partial charge in [0.2, 0.25) is 17.7 Å². The third-order valence-corrected chi connectivity index (χ3v) is 4.17. The van der Waals surface area contributed by atoms with Crippen LogP contribution in [0.5, 0.6) is 0 Å². The van der Waals surface area contributed by atoms with Gasteiger partial charge in [-0.1, -0.05) is 13.8 Å². The zero-order valence-electron chi connectivity index (χ0n) is 14.8. The molecule has 0 heterocycles. The lowest BCUT2D eigenvalue weighted by atomic mass is 9.92. The van der Waals surface area contributed by atoms with Gasteiger partial charge in [-0.3, -0.25) is 19.6 Å². The molecule has 0 bridgehead atoms. The molecule has 8 heteroatoms. The van der Waals surface area contributed by atoms with Crippen LogP contribution in [0.15, 0.2) is 0 Å². The number of carbonyl (C=O) groups is 3. The van der Waals surface area contributed by atoms with Gasteiger partial charge in [0, 0.05) is 23.1 Å². The number of rotatable bonds is 9. The molecule has 1 aliphatic rings. The number of hydroxylamine groups is 2. The van der Waals surface area contributed by atoms with E-state index in [0.29, 0.717) is 11.5 Å². The predicted octanol–water partition coefficient (Wildman–Crippen LogP) is 1.10.